The number of carbonyl (C=O) groups is 1. The van der Waals surface area contributed by atoms with Gasteiger partial charge in [0.2, 0.25) is 5.91 Å². The van der Waals surface area contributed by atoms with Crippen molar-refractivity contribution in [3.8, 4) is 0 Å². The molecule has 1 aromatic rings. The van der Waals surface area contributed by atoms with Crippen LogP contribution in [0.15, 0.2) is 24.3 Å². The summed E-state index contributed by atoms with van der Waals surface area (Å²) in [4.78, 5) is 14.6. The fourth-order valence-corrected chi connectivity index (χ4v) is 3.84. The predicted molar refractivity (Wildman–Crippen MR) is 84.8 cm³/mol. The lowest BCUT2D eigenvalue weighted by molar-refractivity contribution is -0.143. The molecule has 2 fully saturated rings. The third kappa shape index (κ3) is 3.45. The highest BCUT2D eigenvalue weighted by Gasteiger charge is 2.39. The van der Waals surface area contributed by atoms with Crippen LogP contribution in [0.3, 0.4) is 0 Å². The van der Waals surface area contributed by atoms with Crippen molar-refractivity contribution in [1.29, 1.82) is 0 Å². The number of nitrogens with zero attached hydrogens (tertiary/aromatic N) is 1. The summed E-state index contributed by atoms with van der Waals surface area (Å²) in [5.41, 5.74) is 0.926. The van der Waals surface area contributed by atoms with Crippen LogP contribution in [0.4, 0.5) is 0 Å². The molecule has 2 aliphatic rings. The van der Waals surface area contributed by atoms with E-state index in [9.17, 15) is 9.90 Å². The minimum absolute atomic E-state index is 0.00191. The summed E-state index contributed by atoms with van der Waals surface area (Å²) < 4.78 is 5.57. The van der Waals surface area contributed by atoms with Crippen LogP contribution in [0.1, 0.15) is 24.8 Å². The van der Waals surface area contributed by atoms with Crippen molar-refractivity contribution in [2.24, 2.45) is 5.92 Å². The molecule has 5 heteroatoms. The van der Waals surface area contributed by atoms with Crippen molar-refractivity contribution in [2.45, 2.75) is 37.8 Å². The maximum absolute atomic E-state index is 12.7. The van der Waals surface area contributed by atoms with Gasteiger partial charge in [0.1, 0.15) is 0 Å². The molecule has 4 nitrogen and oxygen atoms in total. The lowest BCUT2D eigenvalue weighted by Crippen LogP contribution is -2.54. The third-order valence-corrected chi connectivity index (χ3v) is 4.99. The van der Waals surface area contributed by atoms with Gasteiger partial charge in [-0.25, -0.2) is 0 Å². The predicted octanol–water partition coefficient (Wildman–Crippen LogP) is 2.27. The van der Waals surface area contributed by atoms with Gasteiger partial charge in [-0.3, -0.25) is 4.79 Å². The number of halogens is 1. The van der Waals surface area contributed by atoms with Crippen LogP contribution in [0.5, 0.6) is 0 Å². The quantitative estimate of drug-likeness (QED) is 0.928. The van der Waals surface area contributed by atoms with E-state index in [0.717, 1.165) is 24.8 Å². The van der Waals surface area contributed by atoms with Gasteiger partial charge in [-0.15, -0.1) is 0 Å². The van der Waals surface area contributed by atoms with Crippen molar-refractivity contribution in [2.75, 3.05) is 19.8 Å². The first-order chi connectivity index (χ1) is 10.6. The van der Waals surface area contributed by atoms with E-state index in [4.69, 9.17) is 16.3 Å². The van der Waals surface area contributed by atoms with Gasteiger partial charge in [0.05, 0.1) is 31.8 Å². The molecule has 120 valence electrons. The van der Waals surface area contributed by atoms with E-state index in [1.54, 1.807) is 0 Å². The van der Waals surface area contributed by atoms with E-state index >= 15 is 0 Å². The fourth-order valence-electron chi connectivity index (χ4n) is 3.63. The van der Waals surface area contributed by atoms with Gasteiger partial charge in [0.15, 0.2) is 0 Å². The van der Waals surface area contributed by atoms with Gasteiger partial charge < -0.3 is 14.7 Å². The van der Waals surface area contributed by atoms with Gasteiger partial charge in [-0.2, -0.15) is 0 Å². The molecule has 3 rings (SSSR count). The maximum Gasteiger partial charge on any atom is 0.227 e. The minimum Gasteiger partial charge on any atom is -0.393 e. The molecule has 1 aliphatic heterocycles. The Morgan fingerprint density at radius 1 is 1.41 bits per heavy atom. The number of rotatable bonds is 3. The zero-order chi connectivity index (χ0) is 15.5. The maximum atomic E-state index is 12.7. The van der Waals surface area contributed by atoms with Crippen LogP contribution in [0, 0.1) is 5.92 Å². The number of aliphatic hydroxyl groups excluding tert-OH is 1. The summed E-state index contributed by atoms with van der Waals surface area (Å²) in [5.74, 6) is 0.235. The Balaban J connectivity index is 1.71. The van der Waals surface area contributed by atoms with Crippen LogP contribution in [-0.2, 0) is 16.0 Å². The van der Waals surface area contributed by atoms with Crippen molar-refractivity contribution < 1.29 is 14.6 Å². The lowest BCUT2D eigenvalue weighted by Gasteiger charge is -2.40. The second-order valence-electron chi connectivity index (χ2n) is 6.20. The molecule has 1 saturated carbocycles. The van der Waals surface area contributed by atoms with E-state index in [2.05, 4.69) is 0 Å². The van der Waals surface area contributed by atoms with Crippen molar-refractivity contribution >= 4 is 17.5 Å². The molecule has 0 radical (unpaired) electrons. The Bertz CT molecular complexity index is 536. The van der Waals surface area contributed by atoms with Gasteiger partial charge in [0.25, 0.3) is 0 Å². The summed E-state index contributed by atoms with van der Waals surface area (Å²) >= 11 is 5.99. The topological polar surface area (TPSA) is 49.8 Å². The van der Waals surface area contributed by atoms with Crippen molar-refractivity contribution in [3.63, 3.8) is 0 Å². The molecule has 1 N–H and O–H groups in total. The zero-order valence-electron chi connectivity index (χ0n) is 12.6. The number of aliphatic hydroxyl groups is 1. The second-order valence-corrected chi connectivity index (χ2v) is 6.63. The Hall–Kier alpha value is -1.10. The van der Waals surface area contributed by atoms with Crippen LogP contribution in [0.2, 0.25) is 5.02 Å². The summed E-state index contributed by atoms with van der Waals surface area (Å²) in [5, 5.41) is 10.8. The highest BCUT2D eigenvalue weighted by molar-refractivity contribution is 6.30. The van der Waals surface area contributed by atoms with Crippen LogP contribution < -0.4 is 0 Å². The molecule has 1 aromatic carbocycles. The smallest absolute Gasteiger partial charge is 0.227 e. The highest BCUT2D eigenvalue weighted by atomic mass is 35.5. The fraction of sp³-hybridized carbons (Fsp3) is 0.588. The molecule has 0 spiro atoms. The van der Waals surface area contributed by atoms with Crippen molar-refractivity contribution in [1.82, 2.24) is 4.90 Å². The summed E-state index contributed by atoms with van der Waals surface area (Å²) in [6.45, 7) is 1.71. The first-order valence-electron chi connectivity index (χ1n) is 7.95. The SMILES string of the molecule is O=C(Cc1cccc(Cl)c1)N1CCOC[C@@H]1[C@H]1CCC[C@H]1O. The minimum atomic E-state index is -0.312. The first kappa shape index (κ1) is 15.8. The molecular weight excluding hydrogens is 302 g/mol. The Morgan fingerprint density at radius 2 is 2.27 bits per heavy atom. The molecular formula is C17H22ClNO3. The Morgan fingerprint density at radius 3 is 3.00 bits per heavy atom. The second kappa shape index (κ2) is 6.99. The van der Waals surface area contributed by atoms with Gasteiger partial charge in [-0.1, -0.05) is 30.2 Å². The molecule has 3 atom stereocenters. The van der Waals surface area contributed by atoms with Crippen LogP contribution in [-0.4, -0.2) is 47.8 Å². The van der Waals surface area contributed by atoms with E-state index < -0.39 is 0 Å². The average molecular weight is 324 g/mol. The van der Waals surface area contributed by atoms with Gasteiger partial charge >= 0.3 is 0 Å². The summed E-state index contributed by atoms with van der Waals surface area (Å²) in [6, 6.07) is 7.42. The lowest BCUT2D eigenvalue weighted by atomic mass is 9.93. The highest BCUT2D eigenvalue weighted by Crippen LogP contribution is 2.32. The molecule has 22 heavy (non-hydrogen) atoms. The summed E-state index contributed by atoms with van der Waals surface area (Å²) in [7, 11) is 0. The van der Waals surface area contributed by atoms with Crippen LogP contribution >= 0.6 is 11.6 Å². The Labute approximate surface area is 136 Å². The number of morpholine rings is 1. The van der Waals surface area contributed by atoms with E-state index in [-0.39, 0.29) is 24.0 Å². The monoisotopic (exact) mass is 323 g/mol. The Kier molecular flexibility index (Phi) is 5.01. The largest absolute Gasteiger partial charge is 0.393 e. The molecule has 0 bridgehead atoms. The van der Waals surface area contributed by atoms with Crippen molar-refractivity contribution in [3.05, 3.63) is 34.9 Å². The molecule has 1 saturated heterocycles. The third-order valence-electron chi connectivity index (χ3n) is 4.76. The molecule has 1 aliphatic carbocycles. The zero-order valence-corrected chi connectivity index (χ0v) is 13.3. The average Bonchev–Trinajstić information content (AvgIpc) is 2.93. The van der Waals surface area contributed by atoms with Crippen LogP contribution in [0.25, 0.3) is 0 Å². The number of hydrogen-bond donors (Lipinski definition) is 1. The molecule has 1 heterocycles. The normalized spacial score (nSPS) is 28.8. The van der Waals surface area contributed by atoms with E-state index in [1.165, 1.54) is 0 Å². The first-order valence-corrected chi connectivity index (χ1v) is 8.32. The standard InChI is InChI=1S/C17H22ClNO3/c18-13-4-1-3-12(9-13)10-17(21)19-7-8-22-11-15(19)14-5-2-6-16(14)20/h1,3-4,9,14-16,20H,2,5-8,10-11H2/t14-,15-,16-/m1/s1. The summed E-state index contributed by atoms with van der Waals surface area (Å²) in [6.07, 6.45) is 2.86. The van der Waals surface area contributed by atoms with E-state index in [1.807, 2.05) is 29.2 Å². The number of ether oxygens (including phenoxy) is 1. The molecule has 0 aromatic heterocycles. The number of benzene rings is 1. The van der Waals surface area contributed by atoms with Gasteiger partial charge in [0, 0.05) is 17.5 Å². The molecule has 0 unspecified atom stereocenters. The van der Waals surface area contributed by atoms with Gasteiger partial charge in [-0.05, 0) is 30.5 Å². The number of carbonyl (C=O) groups excluding carboxylic acids is 1. The number of hydrogen-bond acceptors (Lipinski definition) is 3. The van der Waals surface area contributed by atoms with E-state index in [0.29, 0.717) is 31.2 Å². The number of amides is 1. The molecule has 1 amide bonds.